The van der Waals surface area contributed by atoms with Crippen molar-refractivity contribution in [3.05, 3.63) is 65.2 Å². The minimum atomic E-state index is -0.817. The van der Waals surface area contributed by atoms with Crippen molar-refractivity contribution in [2.75, 3.05) is 5.32 Å². The van der Waals surface area contributed by atoms with Crippen LogP contribution in [0, 0.1) is 11.6 Å². The molecule has 2 N–H and O–H groups in total. The highest BCUT2D eigenvalue weighted by Gasteiger charge is 2.23. The lowest BCUT2D eigenvalue weighted by atomic mass is 10.1. The van der Waals surface area contributed by atoms with Gasteiger partial charge in [0.25, 0.3) is 11.8 Å². The number of nitrogens with one attached hydrogen (secondary N) is 2. The molecule has 0 radical (unpaired) electrons. The van der Waals surface area contributed by atoms with Gasteiger partial charge in [-0.15, -0.1) is 0 Å². The van der Waals surface area contributed by atoms with Crippen molar-refractivity contribution >= 4 is 17.5 Å². The van der Waals surface area contributed by atoms with E-state index in [4.69, 9.17) is 0 Å². The number of hydrogen-bond donors (Lipinski definition) is 2. The molecule has 3 rings (SSSR count). The third-order valence-electron chi connectivity index (χ3n) is 3.44. The second-order valence-electron chi connectivity index (χ2n) is 5.44. The average molecular weight is 316 g/mol. The van der Waals surface area contributed by atoms with E-state index < -0.39 is 17.5 Å². The first kappa shape index (κ1) is 15.1. The number of halogens is 2. The lowest BCUT2D eigenvalue weighted by Crippen LogP contribution is -2.25. The summed E-state index contributed by atoms with van der Waals surface area (Å²) >= 11 is 0. The maximum atomic E-state index is 13.1. The molecule has 1 saturated carbocycles. The zero-order valence-corrected chi connectivity index (χ0v) is 12.1. The van der Waals surface area contributed by atoms with Crippen LogP contribution in [-0.2, 0) is 0 Å². The summed E-state index contributed by atoms with van der Waals surface area (Å²) in [6.07, 6.45) is 2.01. The van der Waals surface area contributed by atoms with Crippen LogP contribution in [0.3, 0.4) is 0 Å². The fraction of sp³-hybridized carbons (Fsp3) is 0.176. The Labute approximate surface area is 131 Å². The number of carbonyl (C=O) groups is 2. The third kappa shape index (κ3) is 3.91. The minimum Gasteiger partial charge on any atom is -0.349 e. The summed E-state index contributed by atoms with van der Waals surface area (Å²) in [6.45, 7) is 0. The first-order valence-corrected chi connectivity index (χ1v) is 7.19. The Morgan fingerprint density at radius 3 is 2.04 bits per heavy atom. The monoisotopic (exact) mass is 316 g/mol. The van der Waals surface area contributed by atoms with Crippen molar-refractivity contribution in [2.45, 2.75) is 18.9 Å². The van der Waals surface area contributed by atoms with Gasteiger partial charge in [0.1, 0.15) is 11.6 Å². The maximum Gasteiger partial charge on any atom is 0.255 e. The minimum absolute atomic E-state index is 0.113. The summed E-state index contributed by atoms with van der Waals surface area (Å²) < 4.78 is 26.2. The number of rotatable bonds is 4. The van der Waals surface area contributed by atoms with Crippen LogP contribution < -0.4 is 10.6 Å². The van der Waals surface area contributed by atoms with E-state index in [-0.39, 0.29) is 17.5 Å². The van der Waals surface area contributed by atoms with E-state index in [1.807, 2.05) is 0 Å². The van der Waals surface area contributed by atoms with Gasteiger partial charge in [-0.1, -0.05) is 0 Å². The molecule has 0 aromatic heterocycles. The summed E-state index contributed by atoms with van der Waals surface area (Å²) in [5, 5.41) is 5.39. The van der Waals surface area contributed by atoms with Crippen LogP contribution in [0.5, 0.6) is 0 Å². The van der Waals surface area contributed by atoms with Crippen LogP contribution in [0.1, 0.15) is 33.6 Å². The van der Waals surface area contributed by atoms with Crippen LogP contribution in [0.25, 0.3) is 0 Å². The highest BCUT2D eigenvalue weighted by molar-refractivity contribution is 6.04. The molecular formula is C17H14F2N2O2. The van der Waals surface area contributed by atoms with E-state index in [2.05, 4.69) is 10.6 Å². The standard InChI is InChI=1S/C17H14F2N2O2/c18-12-7-11(8-13(19)9-12)17(23)21-14-3-1-10(2-4-14)16(22)20-15-5-6-15/h1-4,7-9,15H,5-6H2,(H,20,22)(H,21,23). The van der Waals surface area contributed by atoms with Gasteiger partial charge >= 0.3 is 0 Å². The topological polar surface area (TPSA) is 58.2 Å². The molecule has 0 atom stereocenters. The normalized spacial score (nSPS) is 13.5. The third-order valence-corrected chi connectivity index (χ3v) is 3.44. The summed E-state index contributed by atoms with van der Waals surface area (Å²) in [5.74, 6) is -2.42. The van der Waals surface area contributed by atoms with Gasteiger partial charge in [0.2, 0.25) is 0 Å². The predicted octanol–water partition coefficient (Wildman–Crippen LogP) is 3.11. The number of hydrogen-bond acceptors (Lipinski definition) is 2. The highest BCUT2D eigenvalue weighted by atomic mass is 19.1. The molecule has 0 unspecified atom stereocenters. The quantitative estimate of drug-likeness (QED) is 0.910. The molecule has 0 spiro atoms. The molecule has 0 heterocycles. The van der Waals surface area contributed by atoms with Crippen molar-refractivity contribution in [1.29, 1.82) is 0 Å². The Bertz CT molecular complexity index is 735. The van der Waals surface area contributed by atoms with Crippen molar-refractivity contribution < 1.29 is 18.4 Å². The molecule has 2 aromatic rings. The molecule has 118 valence electrons. The van der Waals surface area contributed by atoms with Crippen LogP contribution in [0.4, 0.5) is 14.5 Å². The Kier molecular flexibility index (Phi) is 4.06. The van der Waals surface area contributed by atoms with Crippen molar-refractivity contribution in [3.63, 3.8) is 0 Å². The smallest absolute Gasteiger partial charge is 0.255 e. The summed E-state index contributed by atoms with van der Waals surface area (Å²) in [7, 11) is 0. The molecule has 1 aliphatic rings. The van der Waals surface area contributed by atoms with Gasteiger partial charge in [0.05, 0.1) is 0 Å². The van der Waals surface area contributed by atoms with E-state index in [9.17, 15) is 18.4 Å². The van der Waals surface area contributed by atoms with Crippen LogP contribution in [-0.4, -0.2) is 17.9 Å². The second kappa shape index (κ2) is 6.16. The molecule has 4 nitrogen and oxygen atoms in total. The summed E-state index contributed by atoms with van der Waals surface area (Å²) in [4.78, 5) is 23.8. The first-order valence-electron chi connectivity index (χ1n) is 7.19. The van der Waals surface area contributed by atoms with E-state index in [0.29, 0.717) is 17.3 Å². The second-order valence-corrected chi connectivity index (χ2v) is 5.44. The summed E-state index contributed by atoms with van der Waals surface area (Å²) in [5.41, 5.74) is 0.812. The molecule has 6 heteroatoms. The number of anilines is 1. The number of carbonyl (C=O) groups excluding carboxylic acids is 2. The molecule has 1 aliphatic carbocycles. The fourth-order valence-corrected chi connectivity index (χ4v) is 2.09. The van der Waals surface area contributed by atoms with E-state index in [1.165, 1.54) is 0 Å². The van der Waals surface area contributed by atoms with Crippen molar-refractivity contribution in [3.8, 4) is 0 Å². The largest absolute Gasteiger partial charge is 0.349 e. The van der Waals surface area contributed by atoms with Gasteiger partial charge in [0, 0.05) is 28.9 Å². The van der Waals surface area contributed by atoms with Gasteiger partial charge in [-0.25, -0.2) is 8.78 Å². The molecule has 0 saturated heterocycles. The van der Waals surface area contributed by atoms with E-state index in [1.54, 1.807) is 24.3 Å². The zero-order chi connectivity index (χ0) is 16.4. The van der Waals surface area contributed by atoms with Gasteiger partial charge in [-0.3, -0.25) is 9.59 Å². The molecule has 2 amide bonds. The van der Waals surface area contributed by atoms with Gasteiger partial charge in [-0.05, 0) is 49.2 Å². The Hall–Kier alpha value is -2.76. The van der Waals surface area contributed by atoms with Crippen LogP contribution in [0.15, 0.2) is 42.5 Å². The molecule has 23 heavy (non-hydrogen) atoms. The Balaban J connectivity index is 1.67. The van der Waals surface area contributed by atoms with Crippen molar-refractivity contribution in [2.24, 2.45) is 0 Å². The summed E-state index contributed by atoms with van der Waals surface area (Å²) in [6, 6.07) is 9.17. The highest BCUT2D eigenvalue weighted by Crippen LogP contribution is 2.20. The molecular weight excluding hydrogens is 302 g/mol. The fourth-order valence-electron chi connectivity index (χ4n) is 2.09. The van der Waals surface area contributed by atoms with Crippen molar-refractivity contribution in [1.82, 2.24) is 5.32 Å². The number of amides is 2. The van der Waals surface area contributed by atoms with Gasteiger partial charge < -0.3 is 10.6 Å². The van der Waals surface area contributed by atoms with Gasteiger partial charge in [0.15, 0.2) is 0 Å². The molecule has 2 aromatic carbocycles. The molecule has 1 fully saturated rings. The van der Waals surface area contributed by atoms with Gasteiger partial charge in [-0.2, -0.15) is 0 Å². The average Bonchev–Trinajstić information content (AvgIpc) is 3.31. The zero-order valence-electron chi connectivity index (χ0n) is 12.1. The predicted molar refractivity (Wildman–Crippen MR) is 81.2 cm³/mol. The SMILES string of the molecule is O=C(Nc1ccc(C(=O)NC2CC2)cc1)c1cc(F)cc(F)c1. The lowest BCUT2D eigenvalue weighted by molar-refractivity contribution is 0.0950. The lowest BCUT2D eigenvalue weighted by Gasteiger charge is -2.07. The van der Waals surface area contributed by atoms with E-state index >= 15 is 0 Å². The molecule has 0 aliphatic heterocycles. The Morgan fingerprint density at radius 1 is 0.870 bits per heavy atom. The molecule has 0 bridgehead atoms. The van der Waals surface area contributed by atoms with E-state index in [0.717, 1.165) is 25.0 Å². The van der Waals surface area contributed by atoms with Crippen LogP contribution >= 0.6 is 0 Å². The first-order chi connectivity index (χ1) is 11.0. The van der Waals surface area contributed by atoms with Crippen LogP contribution in [0.2, 0.25) is 0 Å². The number of benzene rings is 2. The maximum absolute atomic E-state index is 13.1. The Morgan fingerprint density at radius 2 is 1.48 bits per heavy atom.